The van der Waals surface area contributed by atoms with Crippen molar-refractivity contribution < 1.29 is 8.78 Å². The zero-order chi connectivity index (χ0) is 14.0. The Balaban J connectivity index is 2.27. The van der Waals surface area contributed by atoms with Gasteiger partial charge < -0.3 is 10.6 Å². The predicted molar refractivity (Wildman–Crippen MR) is 71.8 cm³/mol. The average molecular weight is 269 g/mol. The summed E-state index contributed by atoms with van der Waals surface area (Å²) < 4.78 is 27.3. The molecular weight excluding hydrogens is 248 g/mol. The lowest BCUT2D eigenvalue weighted by Crippen LogP contribution is -2.53. The Morgan fingerprint density at radius 1 is 1.37 bits per heavy atom. The minimum atomic E-state index is -0.808. The van der Waals surface area contributed by atoms with Gasteiger partial charge in [-0.25, -0.2) is 8.78 Å². The number of nitrogens with zero attached hydrogens (tertiary/aromatic N) is 2. The highest BCUT2D eigenvalue weighted by molar-refractivity contribution is 5.23. The van der Waals surface area contributed by atoms with Crippen LogP contribution in [0.25, 0.3) is 0 Å². The van der Waals surface area contributed by atoms with E-state index in [1.807, 2.05) is 0 Å². The van der Waals surface area contributed by atoms with E-state index in [-0.39, 0.29) is 18.6 Å². The molecule has 2 rings (SSSR count). The van der Waals surface area contributed by atoms with Gasteiger partial charge in [-0.2, -0.15) is 0 Å². The lowest BCUT2D eigenvalue weighted by Gasteiger charge is -2.42. The topological polar surface area (TPSA) is 32.5 Å². The van der Waals surface area contributed by atoms with Gasteiger partial charge in [-0.3, -0.25) is 4.90 Å². The molecule has 1 aromatic carbocycles. The van der Waals surface area contributed by atoms with Crippen molar-refractivity contribution in [3.63, 3.8) is 0 Å². The first-order valence-electron chi connectivity index (χ1n) is 6.63. The van der Waals surface area contributed by atoms with Crippen LogP contribution in [0.3, 0.4) is 0 Å². The maximum Gasteiger partial charge on any atom is 0.163 e. The Hall–Kier alpha value is -1.04. The Morgan fingerprint density at radius 3 is 2.74 bits per heavy atom. The van der Waals surface area contributed by atoms with Crippen LogP contribution in [-0.4, -0.2) is 49.1 Å². The van der Waals surface area contributed by atoms with E-state index in [0.717, 1.165) is 25.7 Å². The molecule has 0 amide bonds. The SMILES string of the molecule is CC1CN(C)CCN1C(CN)c1cccc(F)c1F. The Morgan fingerprint density at radius 2 is 2.11 bits per heavy atom. The summed E-state index contributed by atoms with van der Waals surface area (Å²) in [6, 6.07) is 4.31. The largest absolute Gasteiger partial charge is 0.329 e. The van der Waals surface area contributed by atoms with E-state index < -0.39 is 11.6 Å². The average Bonchev–Trinajstić information content (AvgIpc) is 2.37. The number of hydrogen-bond acceptors (Lipinski definition) is 3. The van der Waals surface area contributed by atoms with Crippen LogP contribution in [0.4, 0.5) is 8.78 Å². The lowest BCUT2D eigenvalue weighted by atomic mass is 10.0. The molecule has 1 aliphatic rings. The zero-order valence-corrected chi connectivity index (χ0v) is 11.4. The summed E-state index contributed by atoms with van der Waals surface area (Å²) in [6.07, 6.45) is 0. The monoisotopic (exact) mass is 269 g/mol. The molecule has 1 fully saturated rings. The van der Waals surface area contributed by atoms with Gasteiger partial charge in [-0.15, -0.1) is 0 Å². The van der Waals surface area contributed by atoms with Crippen molar-refractivity contribution in [2.45, 2.75) is 19.0 Å². The molecule has 1 heterocycles. The molecule has 0 saturated carbocycles. The Kier molecular flexibility index (Phi) is 4.50. The van der Waals surface area contributed by atoms with Crippen LogP contribution < -0.4 is 5.73 Å². The van der Waals surface area contributed by atoms with Gasteiger partial charge in [0.25, 0.3) is 0 Å². The summed E-state index contributed by atoms with van der Waals surface area (Å²) >= 11 is 0. The van der Waals surface area contributed by atoms with Crippen LogP contribution in [-0.2, 0) is 0 Å². The Labute approximate surface area is 113 Å². The molecule has 106 valence electrons. The fraction of sp³-hybridized carbons (Fsp3) is 0.571. The van der Waals surface area contributed by atoms with E-state index >= 15 is 0 Å². The van der Waals surface area contributed by atoms with E-state index in [1.54, 1.807) is 6.07 Å². The standard InChI is InChI=1S/C14H21F2N3/c1-10-9-18(2)6-7-19(10)13(8-17)11-4-3-5-12(15)14(11)16/h3-5,10,13H,6-9,17H2,1-2H3. The lowest BCUT2D eigenvalue weighted by molar-refractivity contribution is 0.0619. The minimum absolute atomic E-state index is 0.264. The maximum atomic E-state index is 13.9. The first-order valence-corrected chi connectivity index (χ1v) is 6.63. The number of rotatable bonds is 3. The second-order valence-corrected chi connectivity index (χ2v) is 5.24. The van der Waals surface area contributed by atoms with Gasteiger partial charge in [0.1, 0.15) is 0 Å². The molecule has 1 aliphatic heterocycles. The molecule has 0 spiro atoms. The number of piperazine rings is 1. The first-order chi connectivity index (χ1) is 9.04. The van der Waals surface area contributed by atoms with Crippen molar-refractivity contribution in [2.24, 2.45) is 5.73 Å². The first kappa shape index (κ1) is 14.4. The summed E-state index contributed by atoms with van der Waals surface area (Å²) in [6.45, 7) is 5.02. The van der Waals surface area contributed by atoms with E-state index in [9.17, 15) is 8.78 Å². The number of hydrogen-bond donors (Lipinski definition) is 1. The van der Waals surface area contributed by atoms with Gasteiger partial charge in [0, 0.05) is 37.8 Å². The fourth-order valence-electron chi connectivity index (χ4n) is 2.84. The normalized spacial score (nSPS) is 23.5. The summed E-state index contributed by atoms with van der Waals surface area (Å²) in [5, 5.41) is 0. The van der Waals surface area contributed by atoms with Crippen molar-refractivity contribution >= 4 is 0 Å². The molecule has 2 unspecified atom stereocenters. The second-order valence-electron chi connectivity index (χ2n) is 5.24. The van der Waals surface area contributed by atoms with Crippen LogP contribution in [0.5, 0.6) is 0 Å². The number of benzene rings is 1. The van der Waals surface area contributed by atoms with E-state index in [4.69, 9.17) is 5.73 Å². The molecule has 0 aliphatic carbocycles. The van der Waals surface area contributed by atoms with Crippen molar-refractivity contribution in [2.75, 3.05) is 33.2 Å². The second kappa shape index (κ2) is 5.94. The van der Waals surface area contributed by atoms with Crippen molar-refractivity contribution in [3.8, 4) is 0 Å². The molecule has 0 radical (unpaired) electrons. The minimum Gasteiger partial charge on any atom is -0.329 e. The van der Waals surface area contributed by atoms with Crippen molar-refractivity contribution in [3.05, 3.63) is 35.4 Å². The van der Waals surface area contributed by atoms with Gasteiger partial charge >= 0.3 is 0 Å². The molecule has 0 aromatic heterocycles. The van der Waals surface area contributed by atoms with E-state index in [0.29, 0.717) is 5.56 Å². The Bertz CT molecular complexity index is 439. The quantitative estimate of drug-likeness (QED) is 0.904. The van der Waals surface area contributed by atoms with Gasteiger partial charge in [0.05, 0.1) is 6.04 Å². The number of halogens is 2. The summed E-state index contributed by atoms with van der Waals surface area (Å²) in [5.74, 6) is -1.58. The molecule has 19 heavy (non-hydrogen) atoms. The van der Waals surface area contributed by atoms with Gasteiger partial charge in [0.2, 0.25) is 0 Å². The highest BCUT2D eigenvalue weighted by atomic mass is 19.2. The molecule has 0 bridgehead atoms. The van der Waals surface area contributed by atoms with Crippen molar-refractivity contribution in [1.29, 1.82) is 0 Å². The molecule has 2 N–H and O–H groups in total. The molecule has 1 saturated heterocycles. The summed E-state index contributed by atoms with van der Waals surface area (Å²) in [4.78, 5) is 4.40. The predicted octanol–water partition coefficient (Wildman–Crippen LogP) is 1.60. The number of nitrogens with two attached hydrogens (primary N) is 1. The zero-order valence-electron chi connectivity index (χ0n) is 11.4. The van der Waals surface area contributed by atoms with Crippen molar-refractivity contribution in [1.82, 2.24) is 9.80 Å². The third-order valence-electron chi connectivity index (χ3n) is 3.85. The van der Waals surface area contributed by atoms with Crippen LogP contribution in [0.1, 0.15) is 18.5 Å². The highest BCUT2D eigenvalue weighted by Gasteiger charge is 2.30. The van der Waals surface area contributed by atoms with Crippen LogP contribution in [0.15, 0.2) is 18.2 Å². The molecular formula is C14H21F2N3. The highest BCUT2D eigenvalue weighted by Crippen LogP contribution is 2.27. The van der Waals surface area contributed by atoms with E-state index in [1.165, 1.54) is 6.07 Å². The maximum absolute atomic E-state index is 13.9. The van der Waals surface area contributed by atoms with Crippen LogP contribution in [0.2, 0.25) is 0 Å². The van der Waals surface area contributed by atoms with Gasteiger partial charge in [0.15, 0.2) is 11.6 Å². The molecule has 2 atom stereocenters. The van der Waals surface area contributed by atoms with E-state index in [2.05, 4.69) is 23.8 Å². The smallest absolute Gasteiger partial charge is 0.163 e. The van der Waals surface area contributed by atoms with Gasteiger partial charge in [-0.1, -0.05) is 12.1 Å². The number of likely N-dealkylation sites (N-methyl/N-ethyl adjacent to an activating group) is 1. The van der Waals surface area contributed by atoms with Gasteiger partial charge in [-0.05, 0) is 20.0 Å². The fourth-order valence-corrected chi connectivity index (χ4v) is 2.84. The van der Waals surface area contributed by atoms with Crippen LogP contribution >= 0.6 is 0 Å². The third-order valence-corrected chi connectivity index (χ3v) is 3.85. The summed E-state index contributed by atoms with van der Waals surface area (Å²) in [7, 11) is 2.06. The molecule has 5 heteroatoms. The third kappa shape index (κ3) is 2.94. The van der Waals surface area contributed by atoms with Crippen LogP contribution in [0, 0.1) is 11.6 Å². The molecule has 3 nitrogen and oxygen atoms in total. The molecule has 1 aromatic rings. The summed E-state index contributed by atoms with van der Waals surface area (Å²) in [5.41, 5.74) is 6.17.